The summed E-state index contributed by atoms with van der Waals surface area (Å²) in [5, 5.41) is 11.5. The molecule has 1 fully saturated rings. The van der Waals surface area contributed by atoms with Crippen LogP contribution in [0.5, 0.6) is 17.2 Å². The van der Waals surface area contributed by atoms with E-state index in [2.05, 4.69) is 0 Å². The predicted molar refractivity (Wildman–Crippen MR) is 124 cm³/mol. The maximum absolute atomic E-state index is 13.2. The summed E-state index contributed by atoms with van der Waals surface area (Å²) in [6, 6.07) is 9.02. The fourth-order valence-corrected chi connectivity index (χ4v) is 4.13. The first-order chi connectivity index (χ1) is 15.7. The quantitative estimate of drug-likeness (QED) is 0.344. The molecule has 33 heavy (non-hydrogen) atoms. The molecule has 1 aliphatic rings. The van der Waals surface area contributed by atoms with Crippen LogP contribution in [-0.2, 0) is 9.59 Å². The molecule has 0 spiro atoms. The fourth-order valence-electron chi connectivity index (χ4n) is 3.87. The third kappa shape index (κ3) is 4.62. The number of amides is 1. The molecule has 1 atom stereocenters. The summed E-state index contributed by atoms with van der Waals surface area (Å²) in [5.74, 6) is -0.532. The second-order valence-corrected chi connectivity index (χ2v) is 8.29. The first-order valence-corrected chi connectivity index (χ1v) is 10.7. The number of aliphatic hydroxyl groups is 1. The number of ether oxygens (including phenoxy) is 3. The Balaban J connectivity index is 2.25. The predicted octanol–water partition coefficient (Wildman–Crippen LogP) is 1.93. The van der Waals surface area contributed by atoms with Crippen molar-refractivity contribution < 1.29 is 33.8 Å². The van der Waals surface area contributed by atoms with E-state index in [-0.39, 0.29) is 16.4 Å². The van der Waals surface area contributed by atoms with Gasteiger partial charge in [0.2, 0.25) is 0 Å². The van der Waals surface area contributed by atoms with Gasteiger partial charge in [0.15, 0.2) is 11.5 Å². The Morgan fingerprint density at radius 1 is 1.06 bits per heavy atom. The lowest BCUT2D eigenvalue weighted by Crippen LogP contribution is -3.06. The van der Waals surface area contributed by atoms with Crippen molar-refractivity contribution in [2.75, 3.05) is 48.5 Å². The van der Waals surface area contributed by atoms with Crippen LogP contribution in [0.3, 0.4) is 0 Å². The van der Waals surface area contributed by atoms with E-state index in [9.17, 15) is 14.7 Å². The molecule has 1 saturated heterocycles. The molecule has 1 heterocycles. The minimum absolute atomic E-state index is 0.0402. The van der Waals surface area contributed by atoms with Gasteiger partial charge >= 0.3 is 0 Å². The maximum atomic E-state index is 13.2. The highest BCUT2D eigenvalue weighted by Gasteiger charge is 2.47. The third-order valence-corrected chi connectivity index (χ3v) is 5.84. The molecular formula is C24H28ClN2O6+. The summed E-state index contributed by atoms with van der Waals surface area (Å²) in [5.41, 5.74) is 0.788. The number of likely N-dealkylation sites (N-methyl/N-ethyl adjacent to an activating group) is 1. The number of likely N-dealkylation sites (tertiary alicyclic amines) is 1. The van der Waals surface area contributed by atoms with Crippen LogP contribution in [0.2, 0.25) is 5.02 Å². The molecule has 0 saturated carbocycles. The van der Waals surface area contributed by atoms with Crippen LogP contribution in [0.15, 0.2) is 42.0 Å². The van der Waals surface area contributed by atoms with Gasteiger partial charge in [0.25, 0.3) is 11.7 Å². The van der Waals surface area contributed by atoms with Gasteiger partial charge in [-0.2, -0.15) is 0 Å². The van der Waals surface area contributed by atoms with E-state index in [4.69, 9.17) is 25.8 Å². The Morgan fingerprint density at radius 3 is 2.33 bits per heavy atom. The number of hydrogen-bond acceptors (Lipinski definition) is 6. The molecule has 2 aromatic carbocycles. The van der Waals surface area contributed by atoms with Crippen LogP contribution in [0.25, 0.3) is 5.76 Å². The zero-order chi connectivity index (χ0) is 24.3. The van der Waals surface area contributed by atoms with Crippen LogP contribution in [0.4, 0.5) is 0 Å². The number of ketones is 1. The van der Waals surface area contributed by atoms with Crippen LogP contribution >= 0.6 is 11.6 Å². The van der Waals surface area contributed by atoms with Gasteiger partial charge in [0.1, 0.15) is 11.5 Å². The number of aliphatic hydroxyl groups excluding tert-OH is 1. The first kappa shape index (κ1) is 24.4. The van der Waals surface area contributed by atoms with Crippen LogP contribution < -0.4 is 19.1 Å². The number of methoxy groups -OCH3 is 3. The Morgan fingerprint density at radius 2 is 1.76 bits per heavy atom. The van der Waals surface area contributed by atoms with Crippen molar-refractivity contribution in [1.29, 1.82) is 0 Å². The van der Waals surface area contributed by atoms with Crippen molar-refractivity contribution in [3.63, 3.8) is 0 Å². The number of halogens is 1. The molecule has 3 rings (SSSR count). The number of nitrogens with zero attached hydrogens (tertiary/aromatic N) is 1. The molecule has 2 aromatic rings. The second kappa shape index (κ2) is 10.1. The van der Waals surface area contributed by atoms with Gasteiger partial charge in [-0.3, -0.25) is 9.59 Å². The number of hydrogen-bond donors (Lipinski definition) is 2. The number of carbonyl (C=O) groups is 2. The third-order valence-electron chi connectivity index (χ3n) is 5.55. The Hall–Kier alpha value is -3.23. The van der Waals surface area contributed by atoms with Crippen molar-refractivity contribution in [3.05, 3.63) is 58.1 Å². The largest absolute Gasteiger partial charge is 0.507 e. The number of para-hydroxylation sites is 1. The monoisotopic (exact) mass is 475 g/mol. The molecule has 0 unspecified atom stereocenters. The maximum Gasteiger partial charge on any atom is 0.295 e. The summed E-state index contributed by atoms with van der Waals surface area (Å²) in [6.07, 6.45) is 0. The normalized spacial score (nSPS) is 17.5. The minimum Gasteiger partial charge on any atom is -0.507 e. The lowest BCUT2D eigenvalue weighted by Gasteiger charge is -2.27. The van der Waals surface area contributed by atoms with Gasteiger partial charge in [-0.25, -0.2) is 0 Å². The lowest BCUT2D eigenvalue weighted by molar-refractivity contribution is -0.857. The zero-order valence-corrected chi connectivity index (χ0v) is 20.0. The molecule has 0 bridgehead atoms. The van der Waals surface area contributed by atoms with Gasteiger partial charge < -0.3 is 29.1 Å². The van der Waals surface area contributed by atoms with E-state index < -0.39 is 17.7 Å². The van der Waals surface area contributed by atoms with Crippen molar-refractivity contribution in [1.82, 2.24) is 4.90 Å². The lowest BCUT2D eigenvalue weighted by atomic mass is 9.94. The standard InChI is InChI=1S/C24H27ClN2O6/c1-26(2)11-12-27-20(15-7-6-8-18(32-4)23(15)33-5)19(22(29)24(27)30)21(28)14-9-10-17(31-3)16(25)13-14/h6-10,13,20,28H,11-12H2,1-5H3/p+1/b21-19-/t20-/m0/s1. The summed E-state index contributed by atoms with van der Waals surface area (Å²) >= 11 is 6.24. The summed E-state index contributed by atoms with van der Waals surface area (Å²) in [4.78, 5) is 28.8. The number of Topliss-reactive ketones (excluding diaryl/α,β-unsaturated/α-hetero) is 1. The first-order valence-electron chi connectivity index (χ1n) is 10.4. The van der Waals surface area contributed by atoms with Crippen LogP contribution in [-0.4, -0.2) is 70.2 Å². The van der Waals surface area contributed by atoms with E-state index in [1.165, 1.54) is 32.3 Å². The molecule has 0 radical (unpaired) electrons. The van der Waals surface area contributed by atoms with Crippen molar-refractivity contribution in [2.45, 2.75) is 6.04 Å². The van der Waals surface area contributed by atoms with Gasteiger partial charge in [-0.05, 0) is 24.3 Å². The molecule has 8 nitrogen and oxygen atoms in total. The number of benzene rings is 2. The number of nitrogens with one attached hydrogen (secondary N) is 1. The molecule has 1 aliphatic heterocycles. The summed E-state index contributed by atoms with van der Waals surface area (Å²) < 4.78 is 16.2. The molecule has 176 valence electrons. The molecule has 1 amide bonds. The Labute approximate surface area is 197 Å². The Bertz CT molecular complexity index is 1100. The van der Waals surface area contributed by atoms with E-state index >= 15 is 0 Å². The summed E-state index contributed by atoms with van der Waals surface area (Å²) in [6.45, 7) is 0.905. The second-order valence-electron chi connectivity index (χ2n) is 7.88. The fraction of sp³-hybridized carbons (Fsp3) is 0.333. The highest BCUT2D eigenvalue weighted by atomic mass is 35.5. The number of rotatable bonds is 8. The average Bonchev–Trinajstić information content (AvgIpc) is 3.06. The molecular weight excluding hydrogens is 448 g/mol. The number of carbonyl (C=O) groups excluding carboxylic acids is 2. The van der Waals surface area contributed by atoms with Gasteiger partial charge in [-0.15, -0.1) is 0 Å². The van der Waals surface area contributed by atoms with Gasteiger partial charge in [0.05, 0.1) is 65.2 Å². The molecule has 9 heteroatoms. The van der Waals surface area contributed by atoms with Gasteiger partial charge in [-0.1, -0.05) is 23.7 Å². The topological polar surface area (TPSA) is 89.7 Å². The van der Waals surface area contributed by atoms with Crippen molar-refractivity contribution in [3.8, 4) is 17.2 Å². The highest BCUT2D eigenvalue weighted by Crippen LogP contribution is 2.45. The molecule has 0 aromatic heterocycles. The van der Waals surface area contributed by atoms with Crippen LogP contribution in [0, 0.1) is 0 Å². The summed E-state index contributed by atoms with van der Waals surface area (Å²) in [7, 11) is 8.39. The SMILES string of the molecule is COc1ccc(/C(O)=C2/C(=O)C(=O)N(CC[NH+](C)C)[C@H]2c2cccc(OC)c2OC)cc1Cl. The number of quaternary nitrogens is 1. The van der Waals surface area contributed by atoms with E-state index in [0.717, 1.165) is 4.90 Å². The van der Waals surface area contributed by atoms with Crippen LogP contribution in [0.1, 0.15) is 17.2 Å². The van der Waals surface area contributed by atoms with E-state index in [1.54, 1.807) is 30.3 Å². The smallest absolute Gasteiger partial charge is 0.295 e. The van der Waals surface area contributed by atoms with Crippen molar-refractivity contribution >= 4 is 29.1 Å². The highest BCUT2D eigenvalue weighted by molar-refractivity contribution is 6.46. The average molecular weight is 476 g/mol. The minimum atomic E-state index is -0.865. The van der Waals surface area contributed by atoms with Crippen molar-refractivity contribution in [2.24, 2.45) is 0 Å². The zero-order valence-electron chi connectivity index (χ0n) is 19.3. The Kier molecular flexibility index (Phi) is 7.50. The van der Waals surface area contributed by atoms with E-state index in [1.807, 2.05) is 14.1 Å². The molecule has 2 N–H and O–H groups in total. The molecule has 0 aliphatic carbocycles. The van der Waals surface area contributed by atoms with E-state index in [0.29, 0.717) is 41.5 Å². The van der Waals surface area contributed by atoms with Gasteiger partial charge in [0, 0.05) is 11.1 Å².